The smallest absolute Gasteiger partial charge is 0.314 e. The first-order valence-corrected chi connectivity index (χ1v) is 3.71. The largest absolute Gasteiger partial charge is 0.416 e. The van der Waals surface area contributed by atoms with Crippen LogP contribution in [0.25, 0.3) is 0 Å². The number of rotatable bonds is 2. The Kier molecular flexibility index (Phi) is 7.74. The molecule has 0 aliphatic carbocycles. The molecule has 0 unspecified atom stereocenters. The molecule has 0 aliphatic heterocycles. The lowest BCUT2D eigenvalue weighted by Gasteiger charge is -2.07. The Hall–Kier alpha value is -0.520. The lowest BCUT2D eigenvalue weighted by molar-refractivity contribution is -0.137. The molecule has 0 atom stereocenters. The fourth-order valence-corrected chi connectivity index (χ4v) is 0.932. The van der Waals surface area contributed by atoms with E-state index >= 15 is 0 Å². The van der Waals surface area contributed by atoms with Gasteiger partial charge < -0.3 is 5.32 Å². The maximum atomic E-state index is 12.2. The van der Waals surface area contributed by atoms with Gasteiger partial charge >= 0.3 is 6.18 Å². The van der Waals surface area contributed by atoms with Crippen LogP contribution < -0.4 is 5.32 Å². The first-order valence-electron chi connectivity index (χ1n) is 3.71. The minimum absolute atomic E-state index is 0. The van der Waals surface area contributed by atoms with Gasteiger partial charge in [-0.2, -0.15) is 13.2 Å². The molecule has 0 fully saturated rings. The van der Waals surface area contributed by atoms with Gasteiger partial charge in [-0.15, -0.1) is 24.8 Å². The molecule has 0 spiro atoms. The molecule has 7 heteroatoms. The van der Waals surface area contributed by atoms with E-state index in [9.17, 15) is 13.2 Å². The summed E-state index contributed by atoms with van der Waals surface area (Å²) in [7, 11) is 1.65. The van der Waals surface area contributed by atoms with Crippen molar-refractivity contribution in [1.29, 1.82) is 0 Å². The molecule has 15 heavy (non-hydrogen) atoms. The minimum atomic E-state index is -4.29. The topological polar surface area (TPSA) is 24.9 Å². The molecule has 0 saturated heterocycles. The maximum absolute atomic E-state index is 12.2. The van der Waals surface area contributed by atoms with Crippen LogP contribution in [0.15, 0.2) is 18.3 Å². The molecular weight excluding hydrogens is 252 g/mol. The SMILES string of the molecule is CNCc1cc(C(F)(F)F)ccn1.Cl.Cl. The Bertz CT molecular complexity index is 291. The number of alkyl halides is 3. The number of hydrogen-bond donors (Lipinski definition) is 1. The summed E-state index contributed by atoms with van der Waals surface area (Å²) in [6.07, 6.45) is -3.12. The summed E-state index contributed by atoms with van der Waals surface area (Å²) in [6, 6.07) is 2.00. The zero-order valence-electron chi connectivity index (χ0n) is 7.84. The highest BCUT2D eigenvalue weighted by Crippen LogP contribution is 2.28. The molecule has 1 N–H and O–H groups in total. The van der Waals surface area contributed by atoms with Gasteiger partial charge in [0.2, 0.25) is 0 Å². The molecule has 1 rings (SSSR count). The van der Waals surface area contributed by atoms with Gasteiger partial charge in [0, 0.05) is 12.7 Å². The lowest BCUT2D eigenvalue weighted by Crippen LogP contribution is -2.10. The highest BCUT2D eigenvalue weighted by Gasteiger charge is 2.30. The summed E-state index contributed by atoms with van der Waals surface area (Å²) in [5, 5.41) is 2.73. The Labute approximate surface area is 98.1 Å². The molecule has 0 bridgehead atoms. The summed E-state index contributed by atoms with van der Waals surface area (Å²) >= 11 is 0. The van der Waals surface area contributed by atoms with E-state index in [2.05, 4.69) is 10.3 Å². The molecule has 88 valence electrons. The predicted molar refractivity (Wildman–Crippen MR) is 56.5 cm³/mol. The first-order chi connectivity index (χ1) is 6.04. The standard InChI is InChI=1S/C8H9F3N2.2ClH/c1-12-5-7-4-6(2-3-13-7)8(9,10)11;;/h2-4,12H,5H2,1H3;2*1H. The van der Waals surface area contributed by atoms with Crippen LogP contribution in [0.1, 0.15) is 11.3 Å². The lowest BCUT2D eigenvalue weighted by atomic mass is 10.2. The van der Waals surface area contributed by atoms with Crippen LogP contribution in [0, 0.1) is 0 Å². The summed E-state index contributed by atoms with van der Waals surface area (Å²) in [5.41, 5.74) is -0.273. The highest BCUT2D eigenvalue weighted by molar-refractivity contribution is 5.85. The van der Waals surface area contributed by atoms with E-state index in [-0.39, 0.29) is 24.8 Å². The number of nitrogens with zero attached hydrogens (tertiary/aromatic N) is 1. The second-order valence-corrected chi connectivity index (χ2v) is 2.56. The molecule has 0 radical (unpaired) electrons. The Morgan fingerprint density at radius 1 is 1.33 bits per heavy atom. The summed E-state index contributed by atoms with van der Waals surface area (Å²) in [4.78, 5) is 3.78. The van der Waals surface area contributed by atoms with E-state index in [1.807, 2.05) is 0 Å². The second-order valence-electron chi connectivity index (χ2n) is 2.56. The monoisotopic (exact) mass is 262 g/mol. The van der Waals surface area contributed by atoms with Crippen molar-refractivity contribution < 1.29 is 13.2 Å². The van der Waals surface area contributed by atoms with Gasteiger partial charge in [0.1, 0.15) is 0 Å². The highest BCUT2D eigenvalue weighted by atomic mass is 35.5. The number of aromatic nitrogens is 1. The third-order valence-corrected chi connectivity index (χ3v) is 1.50. The van der Waals surface area contributed by atoms with Crippen LogP contribution >= 0.6 is 24.8 Å². The fourth-order valence-electron chi connectivity index (χ4n) is 0.932. The molecule has 1 heterocycles. The van der Waals surface area contributed by atoms with Crippen LogP contribution in [-0.2, 0) is 12.7 Å². The maximum Gasteiger partial charge on any atom is 0.416 e. The average Bonchev–Trinajstić information content (AvgIpc) is 2.04. The van der Waals surface area contributed by atoms with Crippen molar-refractivity contribution in [3.05, 3.63) is 29.6 Å². The number of pyridine rings is 1. The molecule has 1 aromatic heterocycles. The van der Waals surface area contributed by atoms with Gasteiger partial charge in [-0.3, -0.25) is 4.98 Å². The molecule has 0 aromatic carbocycles. The van der Waals surface area contributed by atoms with Crippen LogP contribution in [0.2, 0.25) is 0 Å². The molecule has 0 amide bonds. The van der Waals surface area contributed by atoms with E-state index in [0.717, 1.165) is 18.3 Å². The average molecular weight is 263 g/mol. The normalized spacial score (nSPS) is 10.1. The second kappa shape index (κ2) is 6.87. The van der Waals surface area contributed by atoms with Crippen molar-refractivity contribution in [3.8, 4) is 0 Å². The van der Waals surface area contributed by atoms with Gasteiger partial charge in [-0.1, -0.05) is 0 Å². The van der Waals surface area contributed by atoms with Crippen molar-refractivity contribution in [3.63, 3.8) is 0 Å². The van der Waals surface area contributed by atoms with E-state index in [1.54, 1.807) is 7.05 Å². The summed E-state index contributed by atoms with van der Waals surface area (Å²) in [6.45, 7) is 0.337. The van der Waals surface area contributed by atoms with Crippen LogP contribution in [0.5, 0.6) is 0 Å². The van der Waals surface area contributed by atoms with E-state index in [4.69, 9.17) is 0 Å². The molecular formula is C8H11Cl2F3N2. The molecule has 1 aromatic rings. The van der Waals surface area contributed by atoms with Gasteiger partial charge in [-0.05, 0) is 19.2 Å². The quantitative estimate of drug-likeness (QED) is 0.887. The number of halogens is 5. The fraction of sp³-hybridized carbons (Fsp3) is 0.375. The zero-order valence-corrected chi connectivity index (χ0v) is 9.47. The van der Waals surface area contributed by atoms with E-state index < -0.39 is 11.7 Å². The number of hydrogen-bond acceptors (Lipinski definition) is 2. The van der Waals surface area contributed by atoms with Gasteiger partial charge in [0.15, 0.2) is 0 Å². The Morgan fingerprint density at radius 2 is 1.93 bits per heavy atom. The summed E-state index contributed by atoms with van der Waals surface area (Å²) in [5.74, 6) is 0. The van der Waals surface area contributed by atoms with Gasteiger partial charge in [-0.25, -0.2) is 0 Å². The van der Waals surface area contributed by atoms with Crippen molar-refractivity contribution in [2.24, 2.45) is 0 Å². The van der Waals surface area contributed by atoms with Gasteiger partial charge in [0.05, 0.1) is 11.3 Å². The van der Waals surface area contributed by atoms with Crippen LogP contribution in [0.4, 0.5) is 13.2 Å². The first kappa shape index (κ1) is 16.9. The molecule has 0 saturated carbocycles. The van der Waals surface area contributed by atoms with Crippen molar-refractivity contribution >= 4 is 24.8 Å². The van der Waals surface area contributed by atoms with Crippen LogP contribution in [0.3, 0.4) is 0 Å². The summed E-state index contributed by atoms with van der Waals surface area (Å²) < 4.78 is 36.5. The third kappa shape index (κ3) is 5.20. The number of nitrogens with one attached hydrogen (secondary N) is 1. The minimum Gasteiger partial charge on any atom is -0.314 e. The van der Waals surface area contributed by atoms with Crippen molar-refractivity contribution in [2.75, 3.05) is 7.05 Å². The third-order valence-electron chi connectivity index (χ3n) is 1.50. The van der Waals surface area contributed by atoms with Crippen LogP contribution in [-0.4, -0.2) is 12.0 Å². The Morgan fingerprint density at radius 3 is 2.40 bits per heavy atom. The van der Waals surface area contributed by atoms with Gasteiger partial charge in [0.25, 0.3) is 0 Å². The molecule has 2 nitrogen and oxygen atoms in total. The van der Waals surface area contributed by atoms with Crippen molar-refractivity contribution in [2.45, 2.75) is 12.7 Å². The zero-order chi connectivity index (χ0) is 9.90. The molecule has 0 aliphatic rings. The van der Waals surface area contributed by atoms with Crippen molar-refractivity contribution in [1.82, 2.24) is 10.3 Å². The van der Waals surface area contributed by atoms with E-state index in [0.29, 0.717) is 12.2 Å². The van der Waals surface area contributed by atoms with E-state index in [1.165, 1.54) is 0 Å². The predicted octanol–water partition coefficient (Wildman–Crippen LogP) is 2.66. The Balaban J connectivity index is 0.